The summed E-state index contributed by atoms with van der Waals surface area (Å²) in [7, 11) is -6.09. The molecule has 2 aromatic rings. The second-order valence-corrected chi connectivity index (χ2v) is 18.3. The maximum Gasteiger partial charge on any atom is 0.264 e. The first kappa shape index (κ1) is 26.1. The molecule has 190 valence electrons. The number of aryl methyl sites for hydroxylation is 1. The molecule has 2 aliphatic rings. The third kappa shape index (κ3) is 5.01. The molecule has 2 aromatic carbocycles. The molecule has 0 amide bonds. The summed E-state index contributed by atoms with van der Waals surface area (Å²) < 4.78 is 36.3. The van der Waals surface area contributed by atoms with Crippen LogP contribution in [0.15, 0.2) is 71.3 Å². The summed E-state index contributed by atoms with van der Waals surface area (Å²) in [6.45, 7) is 13.1. The third-order valence-electron chi connectivity index (χ3n) is 8.06. The zero-order valence-corrected chi connectivity index (χ0v) is 23.6. The summed E-state index contributed by atoms with van der Waals surface area (Å²) in [5.74, 6) is -0.144. The van der Waals surface area contributed by atoms with Crippen LogP contribution < -0.4 is 0 Å². The van der Waals surface area contributed by atoms with Crippen molar-refractivity contribution in [2.75, 3.05) is 6.54 Å². The molecule has 2 atom stereocenters. The van der Waals surface area contributed by atoms with E-state index in [2.05, 4.69) is 46.0 Å². The van der Waals surface area contributed by atoms with E-state index < -0.39 is 23.9 Å². The molecule has 4 rings (SSSR count). The second-order valence-electron chi connectivity index (χ2n) is 11.6. The zero-order chi connectivity index (χ0) is 25.6. The van der Waals surface area contributed by atoms with E-state index in [0.717, 1.165) is 17.5 Å². The Kier molecular flexibility index (Phi) is 6.86. The fourth-order valence-electron chi connectivity index (χ4n) is 4.61. The molecule has 0 aromatic heterocycles. The Morgan fingerprint density at radius 2 is 1.63 bits per heavy atom. The van der Waals surface area contributed by atoms with Crippen LogP contribution in [0.1, 0.15) is 57.1 Å². The van der Waals surface area contributed by atoms with Gasteiger partial charge in [-0.2, -0.15) is 0 Å². The van der Waals surface area contributed by atoms with E-state index in [9.17, 15) is 13.5 Å². The monoisotopic (exact) mass is 513 g/mol. The second kappa shape index (κ2) is 9.18. The Morgan fingerprint density at radius 1 is 1.03 bits per heavy atom. The molecule has 0 unspecified atom stereocenters. The zero-order valence-electron chi connectivity index (χ0n) is 21.8. The Morgan fingerprint density at radius 3 is 2.14 bits per heavy atom. The van der Waals surface area contributed by atoms with Gasteiger partial charge in [0, 0.05) is 5.92 Å². The predicted molar refractivity (Wildman–Crippen MR) is 143 cm³/mol. The minimum atomic E-state index is -3.88. The number of hydrogen-bond acceptors (Lipinski definition) is 4. The van der Waals surface area contributed by atoms with E-state index in [1.165, 1.54) is 4.31 Å². The van der Waals surface area contributed by atoms with Gasteiger partial charge in [0.1, 0.15) is 5.60 Å². The van der Waals surface area contributed by atoms with Crippen LogP contribution in [0.25, 0.3) is 0 Å². The van der Waals surface area contributed by atoms with E-state index >= 15 is 0 Å². The molecule has 0 bridgehead atoms. The smallest absolute Gasteiger partial charge is 0.264 e. The minimum Gasteiger partial charge on any atom is -0.411 e. The first-order valence-corrected chi connectivity index (χ1v) is 16.9. The average molecular weight is 514 g/mol. The quantitative estimate of drug-likeness (QED) is 0.483. The number of benzene rings is 2. The summed E-state index contributed by atoms with van der Waals surface area (Å²) in [4.78, 5) is 0.237. The highest BCUT2D eigenvalue weighted by atomic mass is 32.2. The predicted octanol–water partition coefficient (Wildman–Crippen LogP) is 5.97. The first-order valence-electron chi connectivity index (χ1n) is 12.5. The maximum absolute atomic E-state index is 14.0. The molecule has 1 N–H and O–H groups in total. The molecule has 0 radical (unpaired) electrons. The highest BCUT2D eigenvalue weighted by Crippen LogP contribution is 2.47. The summed E-state index contributed by atoms with van der Waals surface area (Å²) >= 11 is 0. The van der Waals surface area contributed by atoms with Crippen molar-refractivity contribution in [3.8, 4) is 0 Å². The van der Waals surface area contributed by atoms with Crippen LogP contribution in [0.3, 0.4) is 0 Å². The van der Waals surface area contributed by atoms with Gasteiger partial charge in [0.25, 0.3) is 10.0 Å². The van der Waals surface area contributed by atoms with Crippen molar-refractivity contribution in [1.29, 1.82) is 0 Å². The number of sulfonamides is 1. The Labute approximate surface area is 212 Å². The molecule has 1 aliphatic carbocycles. The Balaban J connectivity index is 1.85. The number of hydrogen-bond donors (Lipinski definition) is 1. The SMILES string of the molecule is Cc1ccc(S(=O)(=O)N2C[C@@H](O[Si](C)(C)C(C)(C)C)[C@H](c3ccccc3)C=C2C2(O)CCC2)cc1. The summed E-state index contributed by atoms with van der Waals surface area (Å²) in [6.07, 6.45) is 3.63. The summed E-state index contributed by atoms with van der Waals surface area (Å²) in [6, 6.07) is 17.0. The van der Waals surface area contributed by atoms with Gasteiger partial charge in [-0.3, -0.25) is 4.31 Å². The fourth-order valence-corrected chi connectivity index (χ4v) is 7.51. The van der Waals surface area contributed by atoms with Gasteiger partial charge in [0.2, 0.25) is 0 Å². The molecule has 5 nitrogen and oxygen atoms in total. The van der Waals surface area contributed by atoms with Gasteiger partial charge >= 0.3 is 0 Å². The molecule has 35 heavy (non-hydrogen) atoms. The highest BCUT2D eigenvalue weighted by Gasteiger charge is 2.50. The minimum absolute atomic E-state index is 0.0228. The molecule has 7 heteroatoms. The van der Waals surface area contributed by atoms with Gasteiger partial charge in [-0.1, -0.05) is 74.9 Å². The molecule has 1 aliphatic heterocycles. The van der Waals surface area contributed by atoms with Gasteiger partial charge in [-0.05, 0) is 62.0 Å². The van der Waals surface area contributed by atoms with E-state index in [1.807, 2.05) is 43.3 Å². The summed E-state index contributed by atoms with van der Waals surface area (Å²) in [5.41, 5.74) is 1.43. The van der Waals surface area contributed by atoms with Crippen molar-refractivity contribution in [1.82, 2.24) is 4.31 Å². The van der Waals surface area contributed by atoms with Crippen LogP contribution in [0.5, 0.6) is 0 Å². The lowest BCUT2D eigenvalue weighted by molar-refractivity contribution is -0.0204. The fraction of sp³-hybridized carbons (Fsp3) is 0.500. The van der Waals surface area contributed by atoms with Crippen molar-refractivity contribution in [2.45, 2.75) is 87.6 Å². The summed E-state index contributed by atoms with van der Waals surface area (Å²) in [5, 5.41) is 11.4. The van der Waals surface area contributed by atoms with Crippen molar-refractivity contribution < 1.29 is 18.0 Å². The van der Waals surface area contributed by atoms with Crippen LogP contribution in [-0.4, -0.2) is 44.4 Å². The van der Waals surface area contributed by atoms with Gasteiger partial charge < -0.3 is 9.53 Å². The molecule has 1 saturated carbocycles. The van der Waals surface area contributed by atoms with E-state index in [4.69, 9.17) is 4.43 Å². The van der Waals surface area contributed by atoms with Crippen LogP contribution in [-0.2, 0) is 14.4 Å². The number of aliphatic hydroxyl groups is 1. The third-order valence-corrected chi connectivity index (χ3v) is 14.4. The number of nitrogens with zero attached hydrogens (tertiary/aromatic N) is 1. The van der Waals surface area contributed by atoms with E-state index in [1.54, 1.807) is 12.1 Å². The normalized spacial score (nSPS) is 22.9. The Bertz CT molecular complexity index is 1180. The lowest BCUT2D eigenvalue weighted by atomic mass is 9.75. The molecule has 1 fully saturated rings. The molecular formula is C28H39NO4SSi. The first-order chi connectivity index (χ1) is 16.2. The van der Waals surface area contributed by atoms with Gasteiger partial charge in [0.15, 0.2) is 8.32 Å². The van der Waals surface area contributed by atoms with Crippen LogP contribution in [0.4, 0.5) is 0 Å². The lowest BCUT2D eigenvalue weighted by Gasteiger charge is -2.49. The lowest BCUT2D eigenvalue weighted by Crippen LogP contribution is -2.55. The highest BCUT2D eigenvalue weighted by molar-refractivity contribution is 7.89. The van der Waals surface area contributed by atoms with Crippen molar-refractivity contribution in [2.24, 2.45) is 0 Å². The molecule has 1 heterocycles. The van der Waals surface area contributed by atoms with Crippen LogP contribution >= 0.6 is 0 Å². The van der Waals surface area contributed by atoms with Gasteiger partial charge in [0.05, 0.1) is 23.2 Å². The largest absolute Gasteiger partial charge is 0.411 e. The van der Waals surface area contributed by atoms with Gasteiger partial charge in [-0.25, -0.2) is 8.42 Å². The maximum atomic E-state index is 14.0. The van der Waals surface area contributed by atoms with Crippen molar-refractivity contribution in [3.05, 3.63) is 77.5 Å². The topological polar surface area (TPSA) is 66.8 Å². The van der Waals surface area contributed by atoms with Crippen LogP contribution in [0, 0.1) is 6.92 Å². The van der Waals surface area contributed by atoms with Crippen molar-refractivity contribution >= 4 is 18.3 Å². The molecule has 0 saturated heterocycles. The van der Waals surface area contributed by atoms with Gasteiger partial charge in [-0.15, -0.1) is 0 Å². The Hall–Kier alpha value is -1.93. The molecule has 0 spiro atoms. The van der Waals surface area contributed by atoms with Crippen LogP contribution in [0.2, 0.25) is 18.1 Å². The molecular weight excluding hydrogens is 474 g/mol. The average Bonchev–Trinajstić information content (AvgIpc) is 2.77. The van der Waals surface area contributed by atoms with E-state index in [-0.39, 0.29) is 28.5 Å². The number of rotatable bonds is 6. The van der Waals surface area contributed by atoms with E-state index in [0.29, 0.717) is 18.5 Å². The van der Waals surface area contributed by atoms with Crippen molar-refractivity contribution in [3.63, 3.8) is 0 Å². The standard InChI is InChI=1S/C28H39NO4SSi/c1-21-13-15-23(16-14-21)34(31,32)29-20-25(33-35(5,6)27(2,3)4)24(22-11-8-7-9-12-22)19-26(29)28(30)17-10-18-28/h7-9,11-16,19,24-25,30H,10,17-18,20H2,1-6H3/t24-,25+/m0/s1.